The first kappa shape index (κ1) is 14.7. The number of nitrogens with one attached hydrogen (secondary N) is 1. The van der Waals surface area contributed by atoms with Crippen LogP contribution in [0.5, 0.6) is 0 Å². The summed E-state index contributed by atoms with van der Waals surface area (Å²) in [6.07, 6.45) is 0. The third-order valence-corrected chi connectivity index (χ3v) is 3.57. The third kappa shape index (κ3) is 3.44. The lowest BCUT2D eigenvalue weighted by Gasteiger charge is -2.06. The summed E-state index contributed by atoms with van der Waals surface area (Å²) in [5, 5.41) is 7.22. The predicted octanol–water partition coefficient (Wildman–Crippen LogP) is 2.08. The first-order valence-corrected chi connectivity index (χ1v) is 7.50. The molecule has 0 radical (unpaired) electrons. The van der Waals surface area contributed by atoms with Crippen LogP contribution in [-0.4, -0.2) is 14.3 Å². The van der Waals surface area contributed by atoms with Crippen molar-refractivity contribution in [3.8, 4) is 0 Å². The number of benzene rings is 1. The standard InChI is InChI=1S/C11H8BrFN2O4S/c12-10-2-1-9(19-10)11(16)15-7-3-6(13)4-8(5-7)20(14,17)18/h1-5H,(H,15,16)(H2,14,17,18). The van der Waals surface area contributed by atoms with Gasteiger partial charge in [0.25, 0.3) is 5.91 Å². The molecule has 0 saturated carbocycles. The van der Waals surface area contributed by atoms with Gasteiger partial charge in [0, 0.05) is 5.69 Å². The highest BCUT2D eigenvalue weighted by Gasteiger charge is 2.15. The zero-order chi connectivity index (χ0) is 14.9. The zero-order valence-corrected chi connectivity index (χ0v) is 12.2. The number of carbonyl (C=O) groups is 1. The molecule has 1 aromatic carbocycles. The molecule has 0 saturated heterocycles. The van der Waals surface area contributed by atoms with Crippen molar-refractivity contribution in [2.45, 2.75) is 4.90 Å². The Hall–Kier alpha value is -1.71. The van der Waals surface area contributed by atoms with Gasteiger partial charge in [0.2, 0.25) is 10.0 Å². The summed E-state index contributed by atoms with van der Waals surface area (Å²) in [6.45, 7) is 0. The van der Waals surface area contributed by atoms with Gasteiger partial charge in [-0.3, -0.25) is 4.79 Å². The highest BCUT2D eigenvalue weighted by Crippen LogP contribution is 2.19. The lowest BCUT2D eigenvalue weighted by Crippen LogP contribution is -2.15. The molecule has 106 valence electrons. The van der Waals surface area contributed by atoms with Crippen LogP contribution in [0.4, 0.5) is 10.1 Å². The zero-order valence-electron chi connectivity index (χ0n) is 9.76. The van der Waals surface area contributed by atoms with E-state index in [1.165, 1.54) is 12.1 Å². The fourth-order valence-corrected chi connectivity index (χ4v) is 2.30. The van der Waals surface area contributed by atoms with Gasteiger partial charge in [-0.15, -0.1) is 0 Å². The molecule has 0 aliphatic rings. The number of hydrogen-bond acceptors (Lipinski definition) is 4. The van der Waals surface area contributed by atoms with Gasteiger partial charge in [-0.2, -0.15) is 0 Å². The van der Waals surface area contributed by atoms with Crippen LogP contribution in [0.2, 0.25) is 0 Å². The molecule has 3 N–H and O–H groups in total. The van der Waals surface area contributed by atoms with Crippen molar-refractivity contribution in [3.05, 3.63) is 46.6 Å². The number of anilines is 1. The van der Waals surface area contributed by atoms with Crippen LogP contribution in [0.25, 0.3) is 0 Å². The number of primary sulfonamides is 1. The number of amides is 1. The predicted molar refractivity (Wildman–Crippen MR) is 72.1 cm³/mol. The Kier molecular flexibility index (Phi) is 3.93. The molecule has 0 fully saturated rings. The summed E-state index contributed by atoms with van der Waals surface area (Å²) >= 11 is 3.03. The number of carbonyl (C=O) groups excluding carboxylic acids is 1. The number of hydrogen-bond donors (Lipinski definition) is 2. The number of sulfonamides is 1. The molecule has 0 spiro atoms. The van der Waals surface area contributed by atoms with Gasteiger partial charge in [0.05, 0.1) is 4.90 Å². The van der Waals surface area contributed by atoms with Crippen molar-refractivity contribution in [3.63, 3.8) is 0 Å². The molecule has 9 heteroatoms. The quantitative estimate of drug-likeness (QED) is 0.872. The molecular formula is C11H8BrFN2O4S. The minimum atomic E-state index is -4.07. The topological polar surface area (TPSA) is 102 Å². The Morgan fingerprint density at radius 3 is 2.55 bits per heavy atom. The summed E-state index contributed by atoms with van der Waals surface area (Å²) in [6, 6.07) is 5.68. The largest absolute Gasteiger partial charge is 0.444 e. The van der Waals surface area contributed by atoms with Crippen LogP contribution < -0.4 is 10.5 Å². The van der Waals surface area contributed by atoms with Crippen LogP contribution in [-0.2, 0) is 10.0 Å². The van der Waals surface area contributed by atoms with E-state index < -0.39 is 26.6 Å². The van der Waals surface area contributed by atoms with Crippen LogP contribution in [0, 0.1) is 5.82 Å². The van der Waals surface area contributed by atoms with E-state index in [-0.39, 0.29) is 11.4 Å². The van der Waals surface area contributed by atoms with Gasteiger partial charge in [-0.25, -0.2) is 17.9 Å². The summed E-state index contributed by atoms with van der Waals surface area (Å²) < 4.78 is 41.0. The maximum atomic E-state index is 13.3. The van der Waals surface area contributed by atoms with E-state index in [2.05, 4.69) is 21.2 Å². The SMILES string of the molecule is NS(=O)(=O)c1cc(F)cc(NC(=O)c2ccc(Br)o2)c1. The number of furan rings is 1. The molecule has 6 nitrogen and oxygen atoms in total. The van der Waals surface area contributed by atoms with Crippen LogP contribution in [0.15, 0.2) is 44.3 Å². The molecule has 20 heavy (non-hydrogen) atoms. The van der Waals surface area contributed by atoms with E-state index in [0.29, 0.717) is 4.67 Å². The Labute approximate surface area is 121 Å². The number of nitrogens with two attached hydrogens (primary N) is 1. The van der Waals surface area contributed by atoms with E-state index in [0.717, 1.165) is 18.2 Å². The van der Waals surface area contributed by atoms with E-state index in [1.54, 1.807) is 0 Å². The minimum Gasteiger partial charge on any atom is -0.444 e. The highest BCUT2D eigenvalue weighted by atomic mass is 79.9. The average molecular weight is 363 g/mol. The van der Waals surface area contributed by atoms with Gasteiger partial charge in [0.15, 0.2) is 10.4 Å². The Balaban J connectivity index is 2.30. The maximum Gasteiger partial charge on any atom is 0.291 e. The van der Waals surface area contributed by atoms with Crippen LogP contribution in [0.3, 0.4) is 0 Å². The molecule has 0 aliphatic heterocycles. The Morgan fingerprint density at radius 2 is 2.00 bits per heavy atom. The van der Waals surface area contributed by atoms with Crippen molar-refractivity contribution in [1.82, 2.24) is 0 Å². The van der Waals surface area contributed by atoms with Crippen molar-refractivity contribution in [2.75, 3.05) is 5.32 Å². The summed E-state index contributed by atoms with van der Waals surface area (Å²) in [7, 11) is -4.07. The average Bonchev–Trinajstić information content (AvgIpc) is 2.74. The molecular weight excluding hydrogens is 355 g/mol. The fraction of sp³-hybridized carbons (Fsp3) is 0. The molecule has 0 bridgehead atoms. The van der Waals surface area contributed by atoms with Crippen LogP contribution >= 0.6 is 15.9 Å². The molecule has 1 aromatic heterocycles. The van der Waals surface area contributed by atoms with Gasteiger partial charge in [0.1, 0.15) is 5.82 Å². The summed E-state index contributed by atoms with van der Waals surface area (Å²) in [5.74, 6) is -1.51. The minimum absolute atomic E-state index is 0.0155. The monoisotopic (exact) mass is 362 g/mol. The number of halogens is 2. The van der Waals surface area contributed by atoms with Gasteiger partial charge < -0.3 is 9.73 Å². The smallest absolute Gasteiger partial charge is 0.291 e. The molecule has 1 amide bonds. The van der Waals surface area contributed by atoms with E-state index >= 15 is 0 Å². The van der Waals surface area contributed by atoms with E-state index in [9.17, 15) is 17.6 Å². The Bertz CT molecular complexity index is 772. The van der Waals surface area contributed by atoms with Crippen LogP contribution in [0.1, 0.15) is 10.6 Å². The van der Waals surface area contributed by atoms with Crippen molar-refractivity contribution in [2.24, 2.45) is 5.14 Å². The third-order valence-electron chi connectivity index (χ3n) is 2.25. The van der Waals surface area contributed by atoms with E-state index in [4.69, 9.17) is 9.56 Å². The lowest BCUT2D eigenvalue weighted by molar-refractivity contribution is 0.0995. The second kappa shape index (κ2) is 5.35. The lowest BCUT2D eigenvalue weighted by atomic mass is 10.3. The molecule has 1 heterocycles. The highest BCUT2D eigenvalue weighted by molar-refractivity contribution is 9.10. The molecule has 0 aliphatic carbocycles. The second-order valence-corrected chi connectivity index (χ2v) is 6.12. The number of rotatable bonds is 3. The molecule has 0 atom stereocenters. The van der Waals surface area contributed by atoms with Gasteiger partial charge in [-0.05, 0) is 46.3 Å². The van der Waals surface area contributed by atoms with Crippen molar-refractivity contribution in [1.29, 1.82) is 0 Å². The normalized spacial score (nSPS) is 11.3. The molecule has 2 rings (SSSR count). The maximum absolute atomic E-state index is 13.3. The Morgan fingerprint density at radius 1 is 1.30 bits per heavy atom. The second-order valence-electron chi connectivity index (χ2n) is 3.78. The molecule has 2 aromatic rings. The summed E-state index contributed by atoms with van der Waals surface area (Å²) in [5.41, 5.74) is -0.0495. The van der Waals surface area contributed by atoms with Gasteiger partial charge >= 0.3 is 0 Å². The van der Waals surface area contributed by atoms with E-state index in [1.807, 2.05) is 0 Å². The van der Waals surface area contributed by atoms with Crippen molar-refractivity contribution < 1.29 is 22.0 Å². The van der Waals surface area contributed by atoms with Gasteiger partial charge in [-0.1, -0.05) is 0 Å². The summed E-state index contributed by atoms with van der Waals surface area (Å²) in [4.78, 5) is 11.3. The fourth-order valence-electron chi connectivity index (χ4n) is 1.43. The molecule has 0 unspecified atom stereocenters. The first-order chi connectivity index (χ1) is 9.25. The van der Waals surface area contributed by atoms with Crippen molar-refractivity contribution >= 4 is 37.5 Å². The first-order valence-electron chi connectivity index (χ1n) is 5.16.